The van der Waals surface area contributed by atoms with E-state index < -0.39 is 0 Å². The first-order valence-electron chi connectivity index (χ1n) is 6.83. The Morgan fingerprint density at radius 2 is 1.95 bits per heavy atom. The summed E-state index contributed by atoms with van der Waals surface area (Å²) in [6.07, 6.45) is 2.66. The molecular weight excluding hydrogens is 309 g/mol. The first kappa shape index (κ1) is 14.4. The Morgan fingerprint density at radius 1 is 1.20 bits per heavy atom. The number of nitrogens with one attached hydrogen (secondary N) is 1. The van der Waals surface area contributed by atoms with Gasteiger partial charge in [0.1, 0.15) is 0 Å². The lowest BCUT2D eigenvalue weighted by atomic mass is 10.1. The molecule has 1 aliphatic rings. The van der Waals surface area contributed by atoms with Gasteiger partial charge in [0.2, 0.25) is 0 Å². The van der Waals surface area contributed by atoms with Gasteiger partial charge in [-0.3, -0.25) is 0 Å². The number of thiophene rings is 1. The van der Waals surface area contributed by atoms with Gasteiger partial charge in [-0.15, -0.1) is 11.3 Å². The van der Waals surface area contributed by atoms with Gasteiger partial charge in [-0.25, -0.2) is 0 Å². The topological polar surface area (TPSA) is 12.0 Å². The first-order valence-corrected chi connectivity index (χ1v) is 8.40. The summed E-state index contributed by atoms with van der Waals surface area (Å²) in [5, 5.41) is 4.97. The molecule has 2 aromatic rings. The Balaban J connectivity index is 1.95. The molecule has 20 heavy (non-hydrogen) atoms. The van der Waals surface area contributed by atoms with E-state index in [9.17, 15) is 0 Å². The second-order valence-corrected chi connectivity index (χ2v) is 7.32. The second kappa shape index (κ2) is 5.69. The monoisotopic (exact) mass is 325 g/mol. The lowest BCUT2D eigenvalue weighted by Crippen LogP contribution is -2.16. The summed E-state index contributed by atoms with van der Waals surface area (Å²) in [6.45, 7) is 1.97. The highest BCUT2D eigenvalue weighted by Gasteiger charge is 2.32. The summed E-state index contributed by atoms with van der Waals surface area (Å²) >= 11 is 14.4. The fourth-order valence-corrected chi connectivity index (χ4v) is 4.32. The molecule has 0 aliphatic heterocycles. The molecule has 4 heteroatoms. The largest absolute Gasteiger partial charge is 0.312 e. The van der Waals surface area contributed by atoms with E-state index in [4.69, 9.17) is 23.2 Å². The Kier molecular flexibility index (Phi) is 4.09. The van der Waals surface area contributed by atoms with Crippen LogP contribution in [0.15, 0.2) is 24.3 Å². The van der Waals surface area contributed by atoms with Crippen LogP contribution < -0.4 is 5.32 Å². The third-order valence-electron chi connectivity index (χ3n) is 3.85. The molecule has 1 saturated carbocycles. The van der Waals surface area contributed by atoms with Crippen LogP contribution in [-0.2, 0) is 0 Å². The Morgan fingerprint density at radius 3 is 2.60 bits per heavy atom. The van der Waals surface area contributed by atoms with Crippen LogP contribution in [0.5, 0.6) is 0 Å². The van der Waals surface area contributed by atoms with Gasteiger partial charge >= 0.3 is 0 Å². The van der Waals surface area contributed by atoms with Crippen LogP contribution in [0.3, 0.4) is 0 Å². The Bertz CT molecular complexity index is 631. The molecule has 1 aliphatic carbocycles. The molecule has 1 aromatic heterocycles. The van der Waals surface area contributed by atoms with Crippen LogP contribution in [0.1, 0.15) is 29.3 Å². The van der Waals surface area contributed by atoms with E-state index >= 15 is 0 Å². The van der Waals surface area contributed by atoms with Crippen LogP contribution in [0.25, 0.3) is 10.4 Å². The van der Waals surface area contributed by atoms with E-state index in [1.807, 2.05) is 37.4 Å². The maximum atomic E-state index is 6.37. The van der Waals surface area contributed by atoms with Crippen molar-refractivity contribution in [3.63, 3.8) is 0 Å². The lowest BCUT2D eigenvalue weighted by molar-refractivity contribution is 0.537. The van der Waals surface area contributed by atoms with Crippen molar-refractivity contribution in [3.8, 4) is 10.4 Å². The molecule has 0 amide bonds. The van der Waals surface area contributed by atoms with Crippen LogP contribution in [0, 0.1) is 12.8 Å². The van der Waals surface area contributed by atoms with E-state index in [2.05, 4.69) is 17.4 Å². The van der Waals surface area contributed by atoms with E-state index in [1.165, 1.54) is 22.6 Å². The number of hydrogen-bond donors (Lipinski definition) is 1. The van der Waals surface area contributed by atoms with Gasteiger partial charge in [0, 0.05) is 31.4 Å². The van der Waals surface area contributed by atoms with Crippen LogP contribution >= 0.6 is 34.5 Å². The van der Waals surface area contributed by atoms with Crippen molar-refractivity contribution in [2.75, 3.05) is 7.05 Å². The highest BCUT2D eigenvalue weighted by Crippen LogP contribution is 2.45. The highest BCUT2D eigenvalue weighted by molar-refractivity contribution is 7.15. The van der Waals surface area contributed by atoms with Crippen molar-refractivity contribution < 1.29 is 0 Å². The summed E-state index contributed by atoms with van der Waals surface area (Å²) in [4.78, 5) is 2.57. The minimum absolute atomic E-state index is 0.480. The highest BCUT2D eigenvalue weighted by atomic mass is 35.5. The van der Waals surface area contributed by atoms with Crippen molar-refractivity contribution >= 4 is 34.5 Å². The molecular formula is C16H17Cl2NS. The van der Waals surface area contributed by atoms with Gasteiger partial charge in [0.05, 0.1) is 0 Å². The number of hydrogen-bond acceptors (Lipinski definition) is 2. The minimum Gasteiger partial charge on any atom is -0.312 e. The zero-order valence-electron chi connectivity index (χ0n) is 11.5. The quantitative estimate of drug-likeness (QED) is 0.760. The van der Waals surface area contributed by atoms with Crippen molar-refractivity contribution in [1.82, 2.24) is 5.32 Å². The van der Waals surface area contributed by atoms with E-state index in [0.717, 1.165) is 27.1 Å². The normalized spacial score (nSPS) is 16.4. The zero-order chi connectivity index (χ0) is 14.3. The maximum Gasteiger partial charge on any atom is 0.0496 e. The van der Waals surface area contributed by atoms with Gasteiger partial charge in [-0.05, 0) is 62.6 Å². The molecule has 1 unspecified atom stereocenters. The second-order valence-electron chi connectivity index (χ2n) is 5.39. The average molecular weight is 326 g/mol. The van der Waals surface area contributed by atoms with Crippen molar-refractivity contribution in [2.45, 2.75) is 25.8 Å². The fraction of sp³-hybridized carbons (Fsp3) is 0.375. The van der Waals surface area contributed by atoms with Crippen molar-refractivity contribution in [1.29, 1.82) is 0 Å². The van der Waals surface area contributed by atoms with E-state index in [0.29, 0.717) is 6.04 Å². The molecule has 0 radical (unpaired) electrons. The average Bonchev–Trinajstić information content (AvgIpc) is 3.13. The zero-order valence-corrected chi connectivity index (χ0v) is 13.9. The maximum absolute atomic E-state index is 6.37. The smallest absolute Gasteiger partial charge is 0.0496 e. The molecule has 3 rings (SSSR count). The molecule has 0 saturated heterocycles. The summed E-state index contributed by atoms with van der Waals surface area (Å²) in [7, 11) is 2.04. The van der Waals surface area contributed by atoms with Crippen molar-refractivity contribution in [3.05, 3.63) is 44.8 Å². The minimum atomic E-state index is 0.480. The molecule has 1 N–H and O–H groups in total. The lowest BCUT2D eigenvalue weighted by Gasteiger charge is -2.12. The molecule has 1 aromatic carbocycles. The molecule has 1 nitrogen and oxygen atoms in total. The molecule has 0 bridgehead atoms. The fourth-order valence-electron chi connectivity index (χ4n) is 2.54. The van der Waals surface area contributed by atoms with Crippen LogP contribution in [0.2, 0.25) is 10.0 Å². The molecule has 0 spiro atoms. The van der Waals surface area contributed by atoms with E-state index in [1.54, 1.807) is 0 Å². The third kappa shape index (κ3) is 2.75. The molecule has 1 fully saturated rings. The van der Waals surface area contributed by atoms with Gasteiger partial charge in [-0.1, -0.05) is 23.2 Å². The Labute approximate surface area is 133 Å². The number of aryl methyl sites for hydroxylation is 1. The van der Waals surface area contributed by atoms with Crippen LogP contribution in [0.4, 0.5) is 0 Å². The predicted molar refractivity (Wildman–Crippen MR) is 89.0 cm³/mol. The summed E-state index contributed by atoms with van der Waals surface area (Å²) in [5.74, 6) is 0.795. The van der Waals surface area contributed by atoms with Crippen LogP contribution in [-0.4, -0.2) is 7.05 Å². The number of rotatable bonds is 4. The standard InChI is InChI=1S/C16H17Cl2NS/c1-9-7-13(18)11(8-12(9)17)14-5-6-15(20-14)16(19-2)10-3-4-10/h5-8,10,16,19H,3-4H2,1-2H3. The molecule has 1 heterocycles. The summed E-state index contributed by atoms with van der Waals surface area (Å²) < 4.78 is 0. The summed E-state index contributed by atoms with van der Waals surface area (Å²) in [6, 6.07) is 8.76. The molecule has 1 atom stereocenters. The third-order valence-corrected chi connectivity index (χ3v) is 5.77. The first-order chi connectivity index (χ1) is 9.60. The number of benzene rings is 1. The van der Waals surface area contributed by atoms with E-state index in [-0.39, 0.29) is 0 Å². The summed E-state index contributed by atoms with van der Waals surface area (Å²) in [5.41, 5.74) is 2.05. The Hall–Kier alpha value is -0.540. The predicted octanol–water partition coefficient (Wildman–Crippen LogP) is 5.70. The van der Waals surface area contributed by atoms with Gasteiger partial charge in [-0.2, -0.15) is 0 Å². The SMILES string of the molecule is CNC(c1ccc(-c2cc(Cl)c(C)cc2Cl)s1)C1CC1. The van der Waals surface area contributed by atoms with Gasteiger partial charge in [0.25, 0.3) is 0 Å². The van der Waals surface area contributed by atoms with Gasteiger partial charge in [0.15, 0.2) is 0 Å². The van der Waals surface area contributed by atoms with Crippen molar-refractivity contribution in [2.24, 2.45) is 5.92 Å². The number of halogens is 2. The molecule has 106 valence electrons. The van der Waals surface area contributed by atoms with Gasteiger partial charge < -0.3 is 5.32 Å².